The van der Waals surface area contributed by atoms with Crippen LogP contribution >= 0.6 is 0 Å². The van der Waals surface area contributed by atoms with Gasteiger partial charge in [-0.05, 0) is 50.7 Å². The lowest BCUT2D eigenvalue weighted by molar-refractivity contribution is 0.0643. The highest BCUT2D eigenvalue weighted by Crippen LogP contribution is 2.18. The summed E-state index contributed by atoms with van der Waals surface area (Å²) in [7, 11) is 0. The first-order valence-corrected chi connectivity index (χ1v) is 10.0. The first kappa shape index (κ1) is 20.8. The van der Waals surface area contributed by atoms with Crippen molar-refractivity contribution in [3.63, 3.8) is 0 Å². The molecule has 2 aromatic rings. The van der Waals surface area contributed by atoms with Crippen LogP contribution in [-0.4, -0.2) is 65.4 Å². The number of amides is 2. The van der Waals surface area contributed by atoms with Crippen molar-refractivity contribution < 1.29 is 14.3 Å². The number of carbonyl (C=O) groups excluding carboxylic acids is 2. The first-order valence-electron chi connectivity index (χ1n) is 10.0. The number of benzene rings is 1. The van der Waals surface area contributed by atoms with E-state index in [1.54, 1.807) is 18.2 Å². The Morgan fingerprint density at radius 2 is 1.72 bits per heavy atom. The number of rotatable bonds is 6. The van der Waals surface area contributed by atoms with Crippen LogP contribution < -0.4 is 10.1 Å². The Morgan fingerprint density at radius 1 is 1.07 bits per heavy atom. The maximum Gasteiger partial charge on any atom is 0.257 e. The zero-order valence-electron chi connectivity index (χ0n) is 17.2. The Balaban J connectivity index is 1.64. The molecule has 1 aromatic carbocycles. The Labute approximate surface area is 171 Å². The summed E-state index contributed by atoms with van der Waals surface area (Å²) >= 11 is 0. The predicted octanol–water partition coefficient (Wildman–Crippen LogP) is 2.90. The van der Waals surface area contributed by atoms with Gasteiger partial charge in [0.1, 0.15) is 5.75 Å². The highest BCUT2D eigenvalue weighted by atomic mass is 16.5. The summed E-state index contributed by atoms with van der Waals surface area (Å²) in [6.07, 6.45) is 3.08. The summed E-state index contributed by atoms with van der Waals surface area (Å²) in [5.41, 5.74) is 1.44. The molecule has 2 amide bonds. The summed E-state index contributed by atoms with van der Waals surface area (Å²) in [5, 5.41) is 2.83. The van der Waals surface area contributed by atoms with Crippen molar-refractivity contribution in [2.45, 2.75) is 26.9 Å². The van der Waals surface area contributed by atoms with Crippen LogP contribution in [0.3, 0.4) is 0 Å². The van der Waals surface area contributed by atoms with E-state index in [0.29, 0.717) is 29.9 Å². The van der Waals surface area contributed by atoms with Crippen LogP contribution in [0, 0.1) is 0 Å². The molecule has 1 aromatic heterocycles. The molecule has 2 heterocycles. The normalized spacial score (nSPS) is 14.7. The van der Waals surface area contributed by atoms with Gasteiger partial charge in [0.15, 0.2) is 0 Å². The van der Waals surface area contributed by atoms with Crippen molar-refractivity contribution >= 4 is 17.5 Å². The number of pyridine rings is 1. The lowest BCUT2D eigenvalue weighted by atomic mass is 10.1. The van der Waals surface area contributed by atoms with Gasteiger partial charge in [-0.15, -0.1) is 0 Å². The molecule has 0 spiro atoms. The van der Waals surface area contributed by atoms with Gasteiger partial charge in [-0.1, -0.05) is 6.92 Å². The summed E-state index contributed by atoms with van der Waals surface area (Å²) < 4.78 is 5.60. The largest absolute Gasteiger partial charge is 0.491 e. The second kappa shape index (κ2) is 9.52. The number of nitrogens with zero attached hydrogens (tertiary/aromatic N) is 3. The van der Waals surface area contributed by atoms with Crippen LogP contribution in [0.5, 0.6) is 5.75 Å². The Kier molecular flexibility index (Phi) is 6.82. The monoisotopic (exact) mass is 396 g/mol. The molecule has 1 aliphatic rings. The molecule has 0 unspecified atom stereocenters. The molecule has 1 saturated heterocycles. The van der Waals surface area contributed by atoms with Crippen LogP contribution in [0.4, 0.5) is 5.69 Å². The zero-order chi connectivity index (χ0) is 20.8. The Hall–Kier alpha value is -2.93. The summed E-state index contributed by atoms with van der Waals surface area (Å²) in [6.45, 7) is 10.1. The van der Waals surface area contributed by atoms with E-state index in [2.05, 4.69) is 22.1 Å². The zero-order valence-corrected chi connectivity index (χ0v) is 17.2. The van der Waals surface area contributed by atoms with E-state index in [4.69, 9.17) is 4.74 Å². The quantitative estimate of drug-likeness (QED) is 0.813. The molecule has 0 radical (unpaired) electrons. The minimum Gasteiger partial charge on any atom is -0.491 e. The third kappa shape index (κ3) is 5.54. The van der Waals surface area contributed by atoms with Gasteiger partial charge in [0.05, 0.1) is 17.2 Å². The number of carbonyl (C=O) groups is 2. The standard InChI is InChI=1S/C22H28N4O3/c1-4-25-9-11-26(12-10-25)22(28)18-13-17(14-23-15-18)21(27)24-19-5-7-20(8-6-19)29-16(2)3/h5-8,13-16H,4,9-12H2,1-3H3,(H,24,27). The van der Waals surface area contributed by atoms with Gasteiger partial charge in [-0.3, -0.25) is 14.6 Å². The van der Waals surface area contributed by atoms with Crippen molar-refractivity contribution in [2.24, 2.45) is 0 Å². The maximum absolute atomic E-state index is 12.8. The van der Waals surface area contributed by atoms with Gasteiger partial charge < -0.3 is 19.9 Å². The van der Waals surface area contributed by atoms with Crippen LogP contribution in [-0.2, 0) is 0 Å². The van der Waals surface area contributed by atoms with Gasteiger partial charge in [0, 0.05) is 44.3 Å². The minimum atomic E-state index is -0.305. The number of likely N-dealkylation sites (N-methyl/N-ethyl adjacent to an activating group) is 1. The molecule has 0 saturated carbocycles. The fraction of sp³-hybridized carbons (Fsp3) is 0.409. The van der Waals surface area contributed by atoms with Gasteiger partial charge in [-0.25, -0.2) is 0 Å². The van der Waals surface area contributed by atoms with Crippen molar-refractivity contribution in [3.8, 4) is 5.75 Å². The van der Waals surface area contributed by atoms with E-state index >= 15 is 0 Å². The summed E-state index contributed by atoms with van der Waals surface area (Å²) in [4.78, 5) is 33.6. The Bertz CT molecular complexity index is 843. The number of ether oxygens (including phenoxy) is 1. The minimum absolute atomic E-state index is 0.0851. The van der Waals surface area contributed by atoms with Crippen LogP contribution in [0.1, 0.15) is 41.5 Å². The lowest BCUT2D eigenvalue weighted by Crippen LogP contribution is -2.48. The average molecular weight is 396 g/mol. The molecule has 1 aliphatic heterocycles. The molecule has 29 heavy (non-hydrogen) atoms. The van der Waals surface area contributed by atoms with Crippen molar-refractivity contribution in [2.75, 3.05) is 38.0 Å². The second-order valence-corrected chi connectivity index (χ2v) is 7.33. The molecule has 1 fully saturated rings. The molecule has 154 valence electrons. The van der Waals surface area contributed by atoms with Gasteiger partial charge >= 0.3 is 0 Å². The average Bonchev–Trinajstić information content (AvgIpc) is 2.74. The SMILES string of the molecule is CCN1CCN(C(=O)c2cncc(C(=O)Nc3ccc(OC(C)C)cc3)c2)CC1. The topological polar surface area (TPSA) is 74.8 Å². The second-order valence-electron chi connectivity index (χ2n) is 7.33. The summed E-state index contributed by atoms with van der Waals surface area (Å²) in [6, 6.07) is 8.79. The molecular formula is C22H28N4O3. The maximum atomic E-state index is 12.8. The number of anilines is 1. The Morgan fingerprint density at radius 3 is 2.34 bits per heavy atom. The number of hydrogen-bond acceptors (Lipinski definition) is 5. The fourth-order valence-electron chi connectivity index (χ4n) is 3.22. The lowest BCUT2D eigenvalue weighted by Gasteiger charge is -2.34. The molecule has 0 atom stereocenters. The molecule has 7 nitrogen and oxygen atoms in total. The van der Waals surface area contributed by atoms with Gasteiger partial charge in [0.25, 0.3) is 11.8 Å². The molecule has 1 N–H and O–H groups in total. The molecule has 3 rings (SSSR count). The molecule has 7 heteroatoms. The van der Waals surface area contributed by atoms with Crippen molar-refractivity contribution in [1.82, 2.24) is 14.8 Å². The van der Waals surface area contributed by atoms with E-state index in [-0.39, 0.29) is 17.9 Å². The number of nitrogens with one attached hydrogen (secondary N) is 1. The highest BCUT2D eigenvalue weighted by molar-refractivity contribution is 6.05. The van der Waals surface area contributed by atoms with E-state index in [9.17, 15) is 9.59 Å². The van der Waals surface area contributed by atoms with Crippen LogP contribution in [0.25, 0.3) is 0 Å². The van der Waals surface area contributed by atoms with Crippen molar-refractivity contribution in [1.29, 1.82) is 0 Å². The highest BCUT2D eigenvalue weighted by Gasteiger charge is 2.22. The molecule has 0 aliphatic carbocycles. The molecular weight excluding hydrogens is 368 g/mol. The fourth-order valence-corrected chi connectivity index (χ4v) is 3.22. The van der Waals surface area contributed by atoms with Crippen LogP contribution in [0.15, 0.2) is 42.7 Å². The predicted molar refractivity (Wildman–Crippen MR) is 112 cm³/mol. The van der Waals surface area contributed by atoms with Gasteiger partial charge in [-0.2, -0.15) is 0 Å². The number of hydrogen-bond donors (Lipinski definition) is 1. The van der Waals surface area contributed by atoms with Gasteiger partial charge in [0.2, 0.25) is 0 Å². The van der Waals surface area contributed by atoms with E-state index < -0.39 is 0 Å². The number of piperazine rings is 1. The molecule has 0 bridgehead atoms. The first-order chi connectivity index (χ1) is 14.0. The number of aromatic nitrogens is 1. The van der Waals surface area contributed by atoms with E-state index in [1.165, 1.54) is 12.4 Å². The van der Waals surface area contributed by atoms with E-state index in [1.807, 2.05) is 30.9 Å². The smallest absolute Gasteiger partial charge is 0.257 e. The van der Waals surface area contributed by atoms with Crippen LogP contribution in [0.2, 0.25) is 0 Å². The third-order valence-corrected chi connectivity index (χ3v) is 4.84. The van der Waals surface area contributed by atoms with E-state index in [0.717, 1.165) is 25.4 Å². The third-order valence-electron chi connectivity index (χ3n) is 4.84. The van der Waals surface area contributed by atoms with Crippen molar-refractivity contribution in [3.05, 3.63) is 53.9 Å². The summed E-state index contributed by atoms with van der Waals surface area (Å²) in [5.74, 6) is 0.356.